The molecule has 0 saturated heterocycles. The first-order chi connectivity index (χ1) is 10.4. The van der Waals surface area contributed by atoms with Gasteiger partial charge in [-0.05, 0) is 24.5 Å². The fourth-order valence-electron chi connectivity index (χ4n) is 2.58. The number of hydrogen-bond acceptors (Lipinski definition) is 3. The third kappa shape index (κ3) is 4.19. The zero-order valence-electron chi connectivity index (χ0n) is 13.2. The van der Waals surface area contributed by atoms with E-state index in [0.29, 0.717) is 18.8 Å². The van der Waals surface area contributed by atoms with Crippen molar-refractivity contribution in [2.45, 2.75) is 44.7 Å². The van der Waals surface area contributed by atoms with Gasteiger partial charge in [-0.25, -0.2) is 8.78 Å². The first kappa shape index (κ1) is 16.7. The average molecular weight is 309 g/mol. The van der Waals surface area contributed by atoms with Crippen molar-refractivity contribution < 1.29 is 8.78 Å². The fraction of sp³-hybridized carbons (Fsp3) is 0.529. The largest absolute Gasteiger partial charge is 0.379 e. The van der Waals surface area contributed by atoms with Gasteiger partial charge in [-0.15, -0.1) is 0 Å². The Morgan fingerprint density at radius 3 is 2.50 bits per heavy atom. The van der Waals surface area contributed by atoms with E-state index in [1.165, 1.54) is 0 Å². The Labute approximate surface area is 131 Å². The molecule has 1 saturated carbocycles. The van der Waals surface area contributed by atoms with Crippen LogP contribution in [0.1, 0.15) is 26.7 Å². The molecule has 0 amide bonds. The average Bonchev–Trinajstić information content (AvgIpc) is 2.48. The quantitative estimate of drug-likeness (QED) is 0.643. The molecule has 2 rings (SSSR count). The molecule has 1 fully saturated rings. The number of hydrogen-bond donors (Lipinski definition) is 3. The Kier molecular flexibility index (Phi) is 5.40. The van der Waals surface area contributed by atoms with Crippen molar-refractivity contribution in [3.05, 3.63) is 42.6 Å². The molecular weight excluding hydrogens is 284 g/mol. The smallest absolute Gasteiger partial charge is 0.267 e. The Bertz CT molecular complexity index is 488. The lowest BCUT2D eigenvalue weighted by Gasteiger charge is -2.39. The van der Waals surface area contributed by atoms with Crippen LogP contribution in [0.2, 0.25) is 0 Å². The third-order valence-electron chi connectivity index (χ3n) is 4.07. The van der Waals surface area contributed by atoms with Crippen molar-refractivity contribution in [1.29, 1.82) is 0 Å². The van der Waals surface area contributed by atoms with Crippen molar-refractivity contribution >= 4 is 5.69 Å². The number of alkyl halides is 2. The van der Waals surface area contributed by atoms with Gasteiger partial charge in [0.25, 0.3) is 5.92 Å². The minimum Gasteiger partial charge on any atom is -0.379 e. The number of para-hydroxylation sites is 1. The molecule has 0 spiro atoms. The highest BCUT2D eigenvalue weighted by molar-refractivity contribution is 5.42. The minimum absolute atomic E-state index is 0.0344. The van der Waals surface area contributed by atoms with Crippen molar-refractivity contribution in [2.75, 3.05) is 12.0 Å². The molecule has 1 aromatic rings. The van der Waals surface area contributed by atoms with Gasteiger partial charge in [-0.2, -0.15) is 0 Å². The molecule has 122 valence electrons. The highest BCUT2D eigenvalue weighted by Gasteiger charge is 2.48. The van der Waals surface area contributed by atoms with Gasteiger partial charge in [0.15, 0.2) is 0 Å². The van der Waals surface area contributed by atoms with Gasteiger partial charge in [0.05, 0.1) is 18.8 Å². The molecule has 0 bridgehead atoms. The molecule has 0 aliphatic heterocycles. The van der Waals surface area contributed by atoms with Crippen molar-refractivity contribution in [2.24, 2.45) is 5.92 Å². The Hall–Kier alpha value is -1.62. The van der Waals surface area contributed by atoms with Crippen molar-refractivity contribution in [3.8, 4) is 0 Å². The summed E-state index contributed by atoms with van der Waals surface area (Å²) >= 11 is 0. The summed E-state index contributed by atoms with van der Waals surface area (Å²) in [6.07, 6.45) is 0.465. The maximum Gasteiger partial charge on any atom is 0.267 e. The Morgan fingerprint density at radius 1 is 1.32 bits per heavy atom. The summed E-state index contributed by atoms with van der Waals surface area (Å²) in [5.41, 5.74) is 1.65. The molecule has 3 N–H and O–H groups in total. The number of anilines is 1. The third-order valence-corrected chi connectivity index (χ3v) is 4.07. The van der Waals surface area contributed by atoms with Crippen LogP contribution in [0, 0.1) is 5.92 Å². The summed E-state index contributed by atoms with van der Waals surface area (Å²) in [5, 5.41) is 9.49. The van der Waals surface area contributed by atoms with Crippen molar-refractivity contribution in [1.82, 2.24) is 10.6 Å². The summed E-state index contributed by atoms with van der Waals surface area (Å²) in [4.78, 5) is 0. The van der Waals surface area contributed by atoms with E-state index in [-0.39, 0.29) is 18.4 Å². The van der Waals surface area contributed by atoms with E-state index in [2.05, 4.69) is 22.5 Å². The number of halogens is 2. The van der Waals surface area contributed by atoms with Gasteiger partial charge in [-0.3, -0.25) is 5.32 Å². The Balaban J connectivity index is 1.83. The molecule has 0 radical (unpaired) electrons. The van der Waals surface area contributed by atoms with E-state index in [1.807, 2.05) is 44.2 Å². The first-order valence-electron chi connectivity index (χ1n) is 7.75. The molecule has 5 heteroatoms. The van der Waals surface area contributed by atoms with Crippen LogP contribution < -0.4 is 16.0 Å². The molecule has 1 aliphatic carbocycles. The molecule has 2 unspecified atom stereocenters. The molecule has 1 aromatic carbocycles. The maximum atomic E-state index is 13.4. The van der Waals surface area contributed by atoms with Gasteiger partial charge in [0.2, 0.25) is 0 Å². The summed E-state index contributed by atoms with van der Waals surface area (Å²) in [6.45, 7) is 8.60. The van der Waals surface area contributed by atoms with E-state index in [0.717, 1.165) is 5.69 Å². The normalized spacial score (nSPS) is 21.0. The number of rotatable bonds is 8. The monoisotopic (exact) mass is 309 g/mol. The minimum atomic E-state index is -2.60. The zero-order chi connectivity index (χ0) is 16.2. The van der Waals surface area contributed by atoms with Crippen LogP contribution in [-0.2, 0) is 0 Å². The second-order valence-corrected chi connectivity index (χ2v) is 6.17. The van der Waals surface area contributed by atoms with Gasteiger partial charge in [0.1, 0.15) is 0 Å². The SMILES string of the molecule is C=C(NC1CCC1(F)F)C(NCNc1ccccc1)C(C)C. The second-order valence-electron chi connectivity index (χ2n) is 6.17. The molecule has 0 heterocycles. The maximum absolute atomic E-state index is 13.4. The van der Waals surface area contributed by atoms with E-state index in [1.54, 1.807) is 0 Å². The first-order valence-corrected chi connectivity index (χ1v) is 7.75. The molecule has 1 aliphatic rings. The van der Waals surface area contributed by atoms with E-state index in [4.69, 9.17) is 0 Å². The van der Waals surface area contributed by atoms with Gasteiger partial charge in [0, 0.05) is 17.8 Å². The van der Waals surface area contributed by atoms with Crippen LogP contribution in [0.4, 0.5) is 14.5 Å². The van der Waals surface area contributed by atoms with Crippen LogP contribution in [0.3, 0.4) is 0 Å². The summed E-state index contributed by atoms with van der Waals surface area (Å²) in [7, 11) is 0. The predicted molar refractivity (Wildman–Crippen MR) is 86.9 cm³/mol. The molecule has 0 aromatic heterocycles. The molecule has 3 nitrogen and oxygen atoms in total. The topological polar surface area (TPSA) is 36.1 Å². The zero-order valence-corrected chi connectivity index (χ0v) is 13.2. The lowest BCUT2D eigenvalue weighted by Crippen LogP contribution is -2.55. The summed E-state index contributed by atoms with van der Waals surface area (Å²) < 4.78 is 26.7. The highest BCUT2D eigenvalue weighted by atomic mass is 19.3. The van der Waals surface area contributed by atoms with Crippen LogP contribution in [0.15, 0.2) is 42.6 Å². The van der Waals surface area contributed by atoms with E-state index in [9.17, 15) is 8.78 Å². The highest BCUT2D eigenvalue weighted by Crippen LogP contribution is 2.38. The fourth-order valence-corrected chi connectivity index (χ4v) is 2.58. The van der Waals surface area contributed by atoms with Gasteiger partial charge >= 0.3 is 0 Å². The Morgan fingerprint density at radius 2 is 2.00 bits per heavy atom. The van der Waals surface area contributed by atoms with E-state index < -0.39 is 12.0 Å². The van der Waals surface area contributed by atoms with Crippen LogP contribution >= 0.6 is 0 Å². The van der Waals surface area contributed by atoms with Crippen LogP contribution in [0.25, 0.3) is 0 Å². The number of benzene rings is 1. The molecule has 2 atom stereocenters. The second kappa shape index (κ2) is 7.09. The van der Waals surface area contributed by atoms with Crippen molar-refractivity contribution in [3.63, 3.8) is 0 Å². The molecular formula is C17H25F2N3. The van der Waals surface area contributed by atoms with E-state index >= 15 is 0 Å². The van der Waals surface area contributed by atoms with Crippen LogP contribution in [0.5, 0.6) is 0 Å². The van der Waals surface area contributed by atoms with Crippen LogP contribution in [-0.4, -0.2) is 24.7 Å². The summed E-state index contributed by atoms with van der Waals surface area (Å²) in [6, 6.07) is 9.00. The number of nitrogens with one attached hydrogen (secondary N) is 3. The predicted octanol–water partition coefficient (Wildman–Crippen LogP) is 3.57. The molecule has 22 heavy (non-hydrogen) atoms. The van der Waals surface area contributed by atoms with Gasteiger partial charge < -0.3 is 10.6 Å². The standard InChI is InChI=1S/C17H25F2N3/c1-12(2)16(13(3)22-15-9-10-17(15,18)19)21-11-20-14-7-5-4-6-8-14/h4-8,12,15-16,20-22H,3,9-11H2,1-2H3. The lowest BCUT2D eigenvalue weighted by atomic mass is 9.87. The summed E-state index contributed by atoms with van der Waals surface area (Å²) in [5.74, 6) is -2.35. The van der Waals surface area contributed by atoms with Gasteiger partial charge in [-0.1, -0.05) is 38.6 Å². The lowest BCUT2D eigenvalue weighted by molar-refractivity contribution is -0.103.